The Labute approximate surface area is 168 Å². The molecule has 0 aliphatic rings. The van der Waals surface area contributed by atoms with Crippen LogP contribution in [0.3, 0.4) is 0 Å². The fourth-order valence-corrected chi connectivity index (χ4v) is 2.47. The number of amides is 1. The molecule has 2 aromatic rings. The van der Waals surface area contributed by atoms with Crippen molar-refractivity contribution in [2.45, 2.75) is 6.61 Å². The molecule has 0 heterocycles. The molecule has 0 bridgehead atoms. The van der Waals surface area contributed by atoms with Crippen molar-refractivity contribution in [3.05, 3.63) is 58.6 Å². The van der Waals surface area contributed by atoms with E-state index in [1.54, 1.807) is 18.2 Å². The van der Waals surface area contributed by atoms with Gasteiger partial charge in [-0.3, -0.25) is 4.79 Å². The van der Waals surface area contributed by atoms with Crippen molar-refractivity contribution in [1.29, 1.82) is 0 Å². The number of hydrogen-bond donors (Lipinski definition) is 1. The van der Waals surface area contributed by atoms with Gasteiger partial charge in [0.1, 0.15) is 11.5 Å². The van der Waals surface area contributed by atoms with Crippen LogP contribution in [0.2, 0.25) is 0 Å². The third-order valence-electron chi connectivity index (χ3n) is 3.30. The Morgan fingerprint density at radius 2 is 1.89 bits per heavy atom. The van der Waals surface area contributed by atoms with E-state index in [9.17, 15) is 18.4 Å². The standard InChI is InChI=1S/C19H16BrF2NO5/c1-26-16-8-3-13(20)10-12(16)2-9-18(25)27-11-17(24)23-14-4-6-15(7-5-14)28-19(21)22/h2-10,19H,11H2,1H3,(H,23,24)/b9-2+. The van der Waals surface area contributed by atoms with Gasteiger partial charge in [0.25, 0.3) is 5.91 Å². The number of methoxy groups -OCH3 is 1. The van der Waals surface area contributed by atoms with E-state index in [-0.39, 0.29) is 5.75 Å². The fourth-order valence-electron chi connectivity index (χ4n) is 2.09. The summed E-state index contributed by atoms with van der Waals surface area (Å²) in [7, 11) is 1.51. The second kappa shape index (κ2) is 10.4. The van der Waals surface area contributed by atoms with Crippen molar-refractivity contribution in [3.63, 3.8) is 0 Å². The summed E-state index contributed by atoms with van der Waals surface area (Å²) in [6, 6.07) is 10.6. The number of halogens is 3. The zero-order valence-corrected chi connectivity index (χ0v) is 16.2. The van der Waals surface area contributed by atoms with Crippen LogP contribution in [0, 0.1) is 0 Å². The topological polar surface area (TPSA) is 73.9 Å². The molecule has 2 rings (SSSR count). The molecule has 0 saturated heterocycles. The second-order valence-corrected chi connectivity index (χ2v) is 6.19. The predicted octanol–water partition coefficient (Wildman–Crippen LogP) is 4.25. The van der Waals surface area contributed by atoms with E-state index in [1.165, 1.54) is 43.5 Å². The Hall–Kier alpha value is -2.94. The summed E-state index contributed by atoms with van der Waals surface area (Å²) >= 11 is 3.33. The Bertz CT molecular complexity index is 856. The second-order valence-electron chi connectivity index (χ2n) is 5.28. The summed E-state index contributed by atoms with van der Waals surface area (Å²) in [6.45, 7) is -3.43. The predicted molar refractivity (Wildman–Crippen MR) is 102 cm³/mol. The molecule has 0 saturated carbocycles. The Morgan fingerprint density at radius 3 is 2.54 bits per heavy atom. The zero-order valence-electron chi connectivity index (χ0n) is 14.7. The maximum atomic E-state index is 12.1. The quantitative estimate of drug-likeness (QED) is 0.475. The molecule has 0 radical (unpaired) electrons. The van der Waals surface area contributed by atoms with Gasteiger partial charge in [-0.25, -0.2) is 4.79 Å². The summed E-state index contributed by atoms with van der Waals surface area (Å²) in [5, 5.41) is 2.47. The van der Waals surface area contributed by atoms with Crippen LogP contribution in [0.1, 0.15) is 5.56 Å². The molecule has 9 heteroatoms. The van der Waals surface area contributed by atoms with E-state index in [2.05, 4.69) is 26.0 Å². The largest absolute Gasteiger partial charge is 0.496 e. The van der Waals surface area contributed by atoms with Gasteiger partial charge >= 0.3 is 12.6 Å². The smallest absolute Gasteiger partial charge is 0.387 e. The van der Waals surface area contributed by atoms with Crippen LogP contribution in [0.15, 0.2) is 53.0 Å². The minimum Gasteiger partial charge on any atom is -0.496 e. The van der Waals surface area contributed by atoms with Crippen LogP contribution >= 0.6 is 15.9 Å². The van der Waals surface area contributed by atoms with Gasteiger partial charge < -0.3 is 19.5 Å². The first-order valence-electron chi connectivity index (χ1n) is 7.90. The first-order chi connectivity index (χ1) is 13.4. The van der Waals surface area contributed by atoms with E-state index in [0.717, 1.165) is 4.47 Å². The van der Waals surface area contributed by atoms with Crippen LogP contribution in [0.4, 0.5) is 14.5 Å². The van der Waals surface area contributed by atoms with Crippen LogP contribution in [-0.4, -0.2) is 32.2 Å². The summed E-state index contributed by atoms with van der Waals surface area (Å²) < 4.78 is 39.2. The van der Waals surface area contributed by atoms with Crippen LogP contribution < -0.4 is 14.8 Å². The molecule has 2 aromatic carbocycles. The van der Waals surface area contributed by atoms with Crippen molar-refractivity contribution >= 4 is 39.6 Å². The highest BCUT2D eigenvalue weighted by molar-refractivity contribution is 9.10. The minimum absolute atomic E-state index is 0.0347. The van der Waals surface area contributed by atoms with Gasteiger partial charge in [-0.1, -0.05) is 15.9 Å². The molecule has 0 atom stereocenters. The SMILES string of the molecule is COc1ccc(Br)cc1/C=C/C(=O)OCC(=O)Nc1ccc(OC(F)F)cc1. The average molecular weight is 456 g/mol. The fraction of sp³-hybridized carbons (Fsp3) is 0.158. The number of alkyl halides is 2. The molecule has 28 heavy (non-hydrogen) atoms. The molecule has 0 spiro atoms. The number of anilines is 1. The summed E-state index contributed by atoms with van der Waals surface area (Å²) in [5.41, 5.74) is 1.00. The number of benzene rings is 2. The van der Waals surface area contributed by atoms with Gasteiger partial charge in [-0.15, -0.1) is 0 Å². The number of nitrogens with one attached hydrogen (secondary N) is 1. The molecule has 0 aliphatic heterocycles. The van der Waals surface area contributed by atoms with Crippen LogP contribution in [0.5, 0.6) is 11.5 Å². The number of carbonyl (C=O) groups excluding carboxylic acids is 2. The number of esters is 1. The highest BCUT2D eigenvalue weighted by Gasteiger charge is 2.08. The Morgan fingerprint density at radius 1 is 1.18 bits per heavy atom. The Balaban J connectivity index is 1.84. The lowest BCUT2D eigenvalue weighted by Gasteiger charge is -2.08. The average Bonchev–Trinajstić information content (AvgIpc) is 2.66. The molecular weight excluding hydrogens is 440 g/mol. The molecule has 0 aliphatic carbocycles. The molecule has 0 unspecified atom stereocenters. The lowest BCUT2D eigenvalue weighted by atomic mass is 10.2. The van der Waals surface area contributed by atoms with E-state index < -0.39 is 25.1 Å². The maximum Gasteiger partial charge on any atom is 0.387 e. The van der Waals surface area contributed by atoms with Gasteiger partial charge in [0.05, 0.1) is 7.11 Å². The van der Waals surface area contributed by atoms with Crippen molar-refractivity contribution in [1.82, 2.24) is 0 Å². The maximum absolute atomic E-state index is 12.1. The van der Waals surface area contributed by atoms with Crippen molar-refractivity contribution < 1.29 is 32.6 Å². The molecule has 0 fully saturated rings. The normalized spacial score (nSPS) is 10.8. The third kappa shape index (κ3) is 6.99. The van der Waals surface area contributed by atoms with E-state index in [0.29, 0.717) is 17.0 Å². The molecule has 0 aromatic heterocycles. The lowest BCUT2D eigenvalue weighted by Crippen LogP contribution is -2.20. The summed E-state index contributed by atoms with van der Waals surface area (Å²) in [6.07, 6.45) is 2.68. The van der Waals surface area contributed by atoms with Crippen LogP contribution in [-0.2, 0) is 14.3 Å². The molecule has 148 valence electrons. The van der Waals surface area contributed by atoms with E-state index in [4.69, 9.17) is 9.47 Å². The lowest BCUT2D eigenvalue weighted by molar-refractivity contribution is -0.142. The minimum atomic E-state index is -2.93. The van der Waals surface area contributed by atoms with Crippen molar-refractivity contribution in [2.24, 2.45) is 0 Å². The monoisotopic (exact) mass is 455 g/mol. The van der Waals surface area contributed by atoms with Gasteiger partial charge in [0.15, 0.2) is 6.61 Å². The first-order valence-corrected chi connectivity index (χ1v) is 8.70. The van der Waals surface area contributed by atoms with Crippen LogP contribution in [0.25, 0.3) is 6.08 Å². The zero-order chi connectivity index (χ0) is 20.5. The van der Waals surface area contributed by atoms with Gasteiger partial charge in [0.2, 0.25) is 0 Å². The number of hydrogen-bond acceptors (Lipinski definition) is 5. The molecule has 1 N–H and O–H groups in total. The molecule has 1 amide bonds. The molecular formula is C19H16BrF2NO5. The third-order valence-corrected chi connectivity index (χ3v) is 3.79. The van der Waals surface area contributed by atoms with Crippen molar-refractivity contribution in [3.8, 4) is 11.5 Å². The van der Waals surface area contributed by atoms with E-state index >= 15 is 0 Å². The summed E-state index contributed by atoms with van der Waals surface area (Å²) in [5.74, 6) is -0.751. The highest BCUT2D eigenvalue weighted by atomic mass is 79.9. The first kappa shape index (κ1) is 21.4. The molecule has 6 nitrogen and oxygen atoms in total. The summed E-state index contributed by atoms with van der Waals surface area (Å²) in [4.78, 5) is 23.6. The van der Waals surface area contributed by atoms with Gasteiger partial charge in [-0.05, 0) is 48.5 Å². The van der Waals surface area contributed by atoms with Gasteiger partial charge in [-0.2, -0.15) is 8.78 Å². The van der Waals surface area contributed by atoms with Crippen molar-refractivity contribution in [2.75, 3.05) is 19.0 Å². The van der Waals surface area contributed by atoms with Gasteiger partial charge in [0, 0.05) is 21.8 Å². The van der Waals surface area contributed by atoms with E-state index in [1.807, 2.05) is 0 Å². The highest BCUT2D eigenvalue weighted by Crippen LogP contribution is 2.24. The Kier molecular flexibility index (Phi) is 7.94. The number of carbonyl (C=O) groups is 2. The number of rotatable bonds is 8. The number of ether oxygens (including phenoxy) is 3.